The molecule has 1 aromatic carbocycles. The molecule has 1 aromatic heterocycles. The number of benzene rings is 1. The fourth-order valence-electron chi connectivity index (χ4n) is 2.90. The Balaban J connectivity index is 1.69. The number of fused-ring (bicyclic) bond motifs is 1. The van der Waals surface area contributed by atoms with Crippen LogP contribution in [0.2, 0.25) is 0 Å². The Bertz CT molecular complexity index is 569. The molecule has 0 amide bonds. The molecule has 1 fully saturated rings. The van der Waals surface area contributed by atoms with Crippen molar-refractivity contribution < 1.29 is 4.74 Å². The van der Waals surface area contributed by atoms with Crippen molar-refractivity contribution in [3.05, 3.63) is 35.2 Å². The lowest BCUT2D eigenvalue weighted by Crippen LogP contribution is -2.49. The molecule has 1 aliphatic heterocycles. The van der Waals surface area contributed by atoms with E-state index >= 15 is 0 Å². The van der Waals surface area contributed by atoms with Crippen LogP contribution in [0.4, 0.5) is 0 Å². The van der Waals surface area contributed by atoms with Gasteiger partial charge in [0, 0.05) is 30.4 Å². The number of nitrogens with one attached hydrogen (secondary N) is 1. The molecule has 1 unspecified atom stereocenters. The van der Waals surface area contributed by atoms with Gasteiger partial charge in [-0.3, -0.25) is 4.90 Å². The van der Waals surface area contributed by atoms with Gasteiger partial charge in [0.1, 0.15) is 0 Å². The molecule has 21 heavy (non-hydrogen) atoms. The van der Waals surface area contributed by atoms with Crippen molar-refractivity contribution in [1.29, 1.82) is 0 Å². The molecule has 0 spiro atoms. The van der Waals surface area contributed by atoms with E-state index in [4.69, 9.17) is 4.74 Å². The van der Waals surface area contributed by atoms with Gasteiger partial charge in [-0.1, -0.05) is 25.1 Å². The number of hydrogen-bond donors (Lipinski definition) is 1. The third-order valence-electron chi connectivity index (χ3n) is 4.09. The molecule has 0 bridgehead atoms. The van der Waals surface area contributed by atoms with Gasteiger partial charge in [0.25, 0.3) is 0 Å². The maximum absolute atomic E-state index is 5.67. The Hall–Kier alpha value is -0.940. The van der Waals surface area contributed by atoms with E-state index in [0.717, 1.165) is 39.4 Å². The second-order valence-electron chi connectivity index (χ2n) is 5.66. The van der Waals surface area contributed by atoms with Gasteiger partial charge in [0.05, 0.1) is 13.2 Å². The highest BCUT2D eigenvalue weighted by Crippen LogP contribution is 2.27. The number of ether oxygens (including phenoxy) is 1. The molecule has 3 nitrogen and oxygen atoms in total. The predicted octanol–water partition coefficient (Wildman–Crippen LogP) is 3.10. The van der Waals surface area contributed by atoms with Crippen LogP contribution in [-0.4, -0.2) is 43.8 Å². The lowest BCUT2D eigenvalue weighted by Gasteiger charge is -2.35. The quantitative estimate of drug-likeness (QED) is 0.830. The van der Waals surface area contributed by atoms with E-state index in [-0.39, 0.29) is 0 Å². The Kier molecular flexibility index (Phi) is 5.25. The summed E-state index contributed by atoms with van der Waals surface area (Å²) in [5, 5.41) is 7.26. The molecule has 0 radical (unpaired) electrons. The van der Waals surface area contributed by atoms with E-state index in [1.165, 1.54) is 22.1 Å². The summed E-state index contributed by atoms with van der Waals surface area (Å²) in [6, 6.07) is 9.20. The summed E-state index contributed by atoms with van der Waals surface area (Å²) < 4.78 is 7.06. The SMILES string of the molecule is CCCNCC1COCCN1Cc1csc2ccccc12. The van der Waals surface area contributed by atoms with Crippen LogP contribution in [0.1, 0.15) is 18.9 Å². The van der Waals surface area contributed by atoms with E-state index < -0.39 is 0 Å². The average molecular weight is 304 g/mol. The molecule has 4 heteroatoms. The Labute approximate surface area is 130 Å². The van der Waals surface area contributed by atoms with E-state index in [1.54, 1.807) is 0 Å². The minimum absolute atomic E-state index is 0.490. The normalized spacial score (nSPS) is 20.1. The molecule has 114 valence electrons. The summed E-state index contributed by atoms with van der Waals surface area (Å²) >= 11 is 1.85. The summed E-state index contributed by atoms with van der Waals surface area (Å²) in [6.07, 6.45) is 1.18. The number of morpholine rings is 1. The zero-order chi connectivity index (χ0) is 14.5. The third-order valence-corrected chi connectivity index (χ3v) is 5.10. The maximum Gasteiger partial charge on any atom is 0.0635 e. The fraction of sp³-hybridized carbons (Fsp3) is 0.529. The molecule has 1 N–H and O–H groups in total. The van der Waals surface area contributed by atoms with Gasteiger partial charge in [-0.2, -0.15) is 0 Å². The van der Waals surface area contributed by atoms with Gasteiger partial charge < -0.3 is 10.1 Å². The first-order valence-corrected chi connectivity index (χ1v) is 8.74. The van der Waals surface area contributed by atoms with Crippen LogP contribution < -0.4 is 5.32 Å². The van der Waals surface area contributed by atoms with Crippen LogP contribution in [0.25, 0.3) is 10.1 Å². The number of thiophene rings is 1. The van der Waals surface area contributed by atoms with Crippen LogP contribution in [-0.2, 0) is 11.3 Å². The number of hydrogen-bond acceptors (Lipinski definition) is 4. The Morgan fingerprint density at radius 2 is 2.29 bits per heavy atom. The summed E-state index contributed by atoms with van der Waals surface area (Å²) in [7, 11) is 0. The zero-order valence-electron chi connectivity index (χ0n) is 12.7. The second-order valence-corrected chi connectivity index (χ2v) is 6.57. The molecule has 1 aliphatic rings. The van der Waals surface area contributed by atoms with E-state index in [0.29, 0.717) is 6.04 Å². The fourth-order valence-corrected chi connectivity index (χ4v) is 3.86. The zero-order valence-corrected chi connectivity index (χ0v) is 13.5. The molecule has 1 atom stereocenters. The molecular formula is C17H24N2OS. The van der Waals surface area contributed by atoms with Gasteiger partial charge >= 0.3 is 0 Å². The van der Waals surface area contributed by atoms with Gasteiger partial charge in [-0.05, 0) is 35.4 Å². The van der Waals surface area contributed by atoms with Crippen LogP contribution in [0.15, 0.2) is 29.6 Å². The highest BCUT2D eigenvalue weighted by Gasteiger charge is 2.23. The van der Waals surface area contributed by atoms with Crippen molar-refractivity contribution >= 4 is 21.4 Å². The monoisotopic (exact) mass is 304 g/mol. The minimum Gasteiger partial charge on any atom is -0.378 e. The third kappa shape index (κ3) is 3.64. The molecule has 0 aliphatic carbocycles. The van der Waals surface area contributed by atoms with Crippen LogP contribution in [0.3, 0.4) is 0 Å². The first-order valence-electron chi connectivity index (χ1n) is 7.86. The first-order chi connectivity index (χ1) is 10.4. The molecule has 2 aromatic rings. The number of rotatable bonds is 6. The van der Waals surface area contributed by atoms with Crippen LogP contribution in [0.5, 0.6) is 0 Å². The van der Waals surface area contributed by atoms with E-state index in [9.17, 15) is 0 Å². The van der Waals surface area contributed by atoms with Crippen LogP contribution in [0, 0.1) is 0 Å². The maximum atomic E-state index is 5.67. The highest BCUT2D eigenvalue weighted by molar-refractivity contribution is 7.17. The smallest absolute Gasteiger partial charge is 0.0635 e. The lowest BCUT2D eigenvalue weighted by molar-refractivity contribution is -0.0106. The van der Waals surface area contributed by atoms with E-state index in [2.05, 4.69) is 46.8 Å². The lowest BCUT2D eigenvalue weighted by atomic mass is 10.1. The molecule has 1 saturated heterocycles. The summed E-state index contributed by atoms with van der Waals surface area (Å²) in [5.41, 5.74) is 1.46. The molecular weight excluding hydrogens is 280 g/mol. The number of nitrogens with zero attached hydrogens (tertiary/aromatic N) is 1. The van der Waals surface area contributed by atoms with Gasteiger partial charge in [0.15, 0.2) is 0 Å². The average Bonchev–Trinajstić information content (AvgIpc) is 2.93. The van der Waals surface area contributed by atoms with Crippen molar-refractivity contribution in [2.75, 3.05) is 32.8 Å². The summed E-state index contributed by atoms with van der Waals surface area (Å²) in [4.78, 5) is 2.57. The van der Waals surface area contributed by atoms with Gasteiger partial charge in [-0.15, -0.1) is 11.3 Å². The molecule has 2 heterocycles. The minimum atomic E-state index is 0.490. The standard InChI is InChI=1S/C17H24N2OS/c1-2-7-18-10-15-12-20-9-8-19(15)11-14-13-21-17-6-4-3-5-16(14)17/h3-6,13,15,18H,2,7-12H2,1H3. The van der Waals surface area contributed by atoms with Crippen molar-refractivity contribution in [2.24, 2.45) is 0 Å². The highest BCUT2D eigenvalue weighted by atomic mass is 32.1. The van der Waals surface area contributed by atoms with Crippen LogP contribution >= 0.6 is 11.3 Å². The summed E-state index contributed by atoms with van der Waals surface area (Å²) in [5.74, 6) is 0. The second kappa shape index (κ2) is 7.36. The van der Waals surface area contributed by atoms with Gasteiger partial charge in [0.2, 0.25) is 0 Å². The predicted molar refractivity (Wildman–Crippen MR) is 90.0 cm³/mol. The Morgan fingerprint density at radius 1 is 1.38 bits per heavy atom. The van der Waals surface area contributed by atoms with E-state index in [1.807, 2.05) is 11.3 Å². The topological polar surface area (TPSA) is 24.5 Å². The van der Waals surface area contributed by atoms with Crippen molar-refractivity contribution in [3.8, 4) is 0 Å². The largest absolute Gasteiger partial charge is 0.378 e. The van der Waals surface area contributed by atoms with Crippen molar-refractivity contribution in [2.45, 2.75) is 25.9 Å². The van der Waals surface area contributed by atoms with Gasteiger partial charge in [-0.25, -0.2) is 0 Å². The summed E-state index contributed by atoms with van der Waals surface area (Å²) in [6.45, 7) is 8.08. The van der Waals surface area contributed by atoms with Crippen molar-refractivity contribution in [3.63, 3.8) is 0 Å². The van der Waals surface area contributed by atoms with Crippen molar-refractivity contribution in [1.82, 2.24) is 10.2 Å². The molecule has 0 saturated carbocycles. The first kappa shape index (κ1) is 15.0. The Morgan fingerprint density at radius 3 is 3.19 bits per heavy atom. The molecule has 3 rings (SSSR count).